The number of rotatable bonds is 6. The van der Waals surface area contributed by atoms with Crippen LogP contribution < -0.4 is 19.7 Å². The van der Waals surface area contributed by atoms with Crippen molar-refractivity contribution in [3.05, 3.63) is 96.0 Å². The molecule has 8 heteroatoms. The Labute approximate surface area is 202 Å². The van der Waals surface area contributed by atoms with Gasteiger partial charge in [-0.25, -0.2) is 4.79 Å². The van der Waals surface area contributed by atoms with E-state index in [1.54, 1.807) is 19.1 Å². The van der Waals surface area contributed by atoms with Gasteiger partial charge in [-0.05, 0) is 48.9 Å². The van der Waals surface area contributed by atoms with Crippen LogP contribution in [0.25, 0.3) is 17.0 Å². The normalized spacial score (nSPS) is 15.7. The standard InChI is InChI=1S/C27H24N4O4/c1-17-23(26-29-25(30-35-26)18-8-5-4-6-9-18)24(19-10-7-11-22(16-19)34-3)28-27(32)31(17)20-12-14-21(33-2)15-13-20/h4-16,24H,1-3H3,(H,28,32). The van der Waals surface area contributed by atoms with Crippen molar-refractivity contribution in [1.29, 1.82) is 0 Å². The molecule has 2 amide bonds. The molecule has 0 bridgehead atoms. The van der Waals surface area contributed by atoms with Crippen molar-refractivity contribution >= 4 is 17.3 Å². The molecule has 0 spiro atoms. The molecule has 0 aliphatic carbocycles. The van der Waals surface area contributed by atoms with Crippen LogP contribution in [-0.2, 0) is 0 Å². The van der Waals surface area contributed by atoms with E-state index in [9.17, 15) is 4.79 Å². The molecule has 8 nitrogen and oxygen atoms in total. The first-order valence-electron chi connectivity index (χ1n) is 11.1. The van der Waals surface area contributed by atoms with E-state index in [0.717, 1.165) is 11.1 Å². The van der Waals surface area contributed by atoms with Gasteiger partial charge in [0.25, 0.3) is 5.89 Å². The van der Waals surface area contributed by atoms with Gasteiger partial charge in [0.1, 0.15) is 11.5 Å². The predicted octanol–water partition coefficient (Wildman–Crippen LogP) is 5.46. The Balaban J connectivity index is 1.65. The third-order valence-electron chi connectivity index (χ3n) is 5.93. The van der Waals surface area contributed by atoms with Gasteiger partial charge in [0.2, 0.25) is 5.82 Å². The lowest BCUT2D eigenvalue weighted by molar-refractivity contribution is 0.244. The monoisotopic (exact) mass is 468 g/mol. The van der Waals surface area contributed by atoms with Crippen LogP contribution in [0, 0.1) is 0 Å². The summed E-state index contributed by atoms with van der Waals surface area (Å²) < 4.78 is 16.4. The lowest BCUT2D eigenvalue weighted by Gasteiger charge is -2.35. The molecule has 4 aromatic rings. The van der Waals surface area contributed by atoms with Crippen molar-refractivity contribution in [1.82, 2.24) is 15.5 Å². The van der Waals surface area contributed by atoms with Gasteiger partial charge in [-0.2, -0.15) is 4.98 Å². The molecule has 1 aliphatic rings. The molecule has 2 heterocycles. The number of urea groups is 1. The molecule has 1 N–H and O–H groups in total. The van der Waals surface area contributed by atoms with E-state index in [4.69, 9.17) is 14.0 Å². The molecule has 0 saturated carbocycles. The summed E-state index contributed by atoms with van der Waals surface area (Å²) in [6, 6.07) is 23.6. The van der Waals surface area contributed by atoms with Gasteiger partial charge in [-0.1, -0.05) is 47.6 Å². The number of hydrogen-bond donors (Lipinski definition) is 1. The van der Waals surface area contributed by atoms with Gasteiger partial charge in [0, 0.05) is 11.3 Å². The minimum atomic E-state index is -0.517. The molecule has 0 fully saturated rings. The highest BCUT2D eigenvalue weighted by Crippen LogP contribution is 2.40. The number of carbonyl (C=O) groups excluding carboxylic acids is 1. The number of ether oxygens (including phenoxy) is 2. The van der Waals surface area contributed by atoms with Crippen molar-refractivity contribution in [2.24, 2.45) is 0 Å². The van der Waals surface area contributed by atoms with Crippen LogP contribution in [0.15, 0.2) is 89.1 Å². The second kappa shape index (κ2) is 9.34. The van der Waals surface area contributed by atoms with Crippen molar-refractivity contribution in [2.75, 3.05) is 19.1 Å². The number of methoxy groups -OCH3 is 2. The first kappa shape index (κ1) is 22.2. The summed E-state index contributed by atoms with van der Waals surface area (Å²) in [5.74, 6) is 2.18. The van der Waals surface area contributed by atoms with Crippen LogP contribution >= 0.6 is 0 Å². The van der Waals surface area contributed by atoms with Gasteiger partial charge in [0.05, 0.1) is 31.5 Å². The zero-order chi connectivity index (χ0) is 24.4. The average molecular weight is 469 g/mol. The lowest BCUT2D eigenvalue weighted by atomic mass is 9.94. The molecule has 0 radical (unpaired) electrons. The Morgan fingerprint density at radius 2 is 1.66 bits per heavy atom. The summed E-state index contributed by atoms with van der Waals surface area (Å²) in [6.07, 6.45) is 0. The lowest BCUT2D eigenvalue weighted by Crippen LogP contribution is -2.46. The Hall–Kier alpha value is -4.59. The molecule has 1 unspecified atom stereocenters. The molecule has 1 aromatic heterocycles. The van der Waals surface area contributed by atoms with Crippen molar-refractivity contribution in [2.45, 2.75) is 13.0 Å². The molecule has 176 valence electrons. The number of amides is 2. The fourth-order valence-corrected chi connectivity index (χ4v) is 4.17. The zero-order valence-electron chi connectivity index (χ0n) is 19.6. The molecule has 1 aliphatic heterocycles. The molecule has 35 heavy (non-hydrogen) atoms. The van der Waals surface area contributed by atoms with E-state index >= 15 is 0 Å². The Kier molecular flexibility index (Phi) is 5.93. The highest BCUT2D eigenvalue weighted by atomic mass is 16.5. The Morgan fingerprint density at radius 3 is 2.37 bits per heavy atom. The van der Waals surface area contributed by atoms with Crippen molar-refractivity contribution in [3.8, 4) is 22.9 Å². The molecule has 1 atom stereocenters. The summed E-state index contributed by atoms with van der Waals surface area (Å²) in [4.78, 5) is 19.6. The SMILES string of the molecule is COc1ccc(N2C(=O)NC(c3cccc(OC)c3)C(c3nc(-c4ccccc4)no3)=C2C)cc1. The smallest absolute Gasteiger partial charge is 0.326 e. The highest BCUT2D eigenvalue weighted by Gasteiger charge is 2.36. The van der Waals surface area contributed by atoms with Gasteiger partial charge in [0.15, 0.2) is 0 Å². The number of anilines is 1. The van der Waals surface area contributed by atoms with Gasteiger partial charge < -0.3 is 19.3 Å². The van der Waals surface area contributed by atoms with E-state index < -0.39 is 6.04 Å². The molecule has 5 rings (SSSR count). The van der Waals surface area contributed by atoms with E-state index in [1.807, 2.05) is 85.8 Å². The highest BCUT2D eigenvalue weighted by molar-refractivity contribution is 6.01. The third-order valence-corrected chi connectivity index (χ3v) is 5.93. The van der Waals surface area contributed by atoms with Crippen molar-refractivity contribution < 1.29 is 18.8 Å². The largest absolute Gasteiger partial charge is 0.497 e. The predicted molar refractivity (Wildman–Crippen MR) is 132 cm³/mol. The third kappa shape index (κ3) is 4.21. The number of aromatic nitrogens is 2. The van der Waals surface area contributed by atoms with Crippen LogP contribution in [0.2, 0.25) is 0 Å². The molecule has 0 saturated heterocycles. The second-order valence-corrected chi connectivity index (χ2v) is 7.98. The minimum absolute atomic E-state index is 0.271. The maximum absolute atomic E-state index is 13.4. The average Bonchev–Trinajstić information content (AvgIpc) is 3.39. The minimum Gasteiger partial charge on any atom is -0.497 e. The summed E-state index contributed by atoms with van der Waals surface area (Å²) in [5, 5.41) is 7.31. The fourth-order valence-electron chi connectivity index (χ4n) is 4.17. The van der Waals surface area contributed by atoms with E-state index in [0.29, 0.717) is 40.2 Å². The van der Waals surface area contributed by atoms with Crippen LogP contribution in [0.3, 0.4) is 0 Å². The first-order valence-corrected chi connectivity index (χ1v) is 11.1. The number of allylic oxidation sites excluding steroid dienone is 1. The molecular formula is C27H24N4O4. The topological polar surface area (TPSA) is 89.7 Å². The van der Waals surface area contributed by atoms with Crippen LogP contribution in [0.1, 0.15) is 24.4 Å². The second-order valence-electron chi connectivity index (χ2n) is 7.98. The zero-order valence-corrected chi connectivity index (χ0v) is 19.6. The number of carbonyl (C=O) groups is 1. The number of benzene rings is 3. The quantitative estimate of drug-likeness (QED) is 0.404. The Bertz CT molecular complexity index is 1380. The summed E-state index contributed by atoms with van der Waals surface area (Å²) in [5.41, 5.74) is 3.73. The maximum atomic E-state index is 13.4. The van der Waals surface area contributed by atoms with Crippen LogP contribution in [-0.4, -0.2) is 30.4 Å². The fraction of sp³-hybridized carbons (Fsp3) is 0.148. The Morgan fingerprint density at radius 1 is 0.914 bits per heavy atom. The first-order chi connectivity index (χ1) is 17.1. The summed E-state index contributed by atoms with van der Waals surface area (Å²) in [7, 11) is 3.21. The maximum Gasteiger partial charge on any atom is 0.326 e. The molecular weight excluding hydrogens is 444 g/mol. The van der Waals surface area contributed by atoms with Gasteiger partial charge in [-0.3, -0.25) is 4.90 Å². The number of nitrogens with one attached hydrogen (secondary N) is 1. The summed E-state index contributed by atoms with van der Waals surface area (Å²) >= 11 is 0. The van der Waals surface area contributed by atoms with E-state index in [1.165, 1.54) is 0 Å². The van der Waals surface area contributed by atoms with E-state index in [2.05, 4.69) is 15.5 Å². The summed E-state index contributed by atoms with van der Waals surface area (Å²) in [6.45, 7) is 1.87. The number of hydrogen-bond acceptors (Lipinski definition) is 6. The molecule has 3 aromatic carbocycles. The van der Waals surface area contributed by atoms with Crippen LogP contribution in [0.5, 0.6) is 11.5 Å². The van der Waals surface area contributed by atoms with Gasteiger partial charge in [-0.15, -0.1) is 0 Å². The van der Waals surface area contributed by atoms with E-state index in [-0.39, 0.29) is 6.03 Å². The number of nitrogens with zero attached hydrogens (tertiary/aromatic N) is 3. The van der Waals surface area contributed by atoms with Crippen LogP contribution in [0.4, 0.5) is 10.5 Å². The van der Waals surface area contributed by atoms with Crippen molar-refractivity contribution in [3.63, 3.8) is 0 Å². The van der Waals surface area contributed by atoms with Gasteiger partial charge >= 0.3 is 6.03 Å².